The van der Waals surface area contributed by atoms with Gasteiger partial charge in [0, 0.05) is 57.3 Å². The third-order valence-corrected chi connectivity index (χ3v) is 10.9. The van der Waals surface area contributed by atoms with E-state index in [1.165, 1.54) is 11.1 Å². The number of hydrogen-bond acceptors (Lipinski definition) is 7. The van der Waals surface area contributed by atoms with Gasteiger partial charge in [0.1, 0.15) is 18.5 Å². The largest absolute Gasteiger partial charge is 0.490 e. The first kappa shape index (κ1) is 37.6. The van der Waals surface area contributed by atoms with Gasteiger partial charge in [-0.2, -0.15) is 0 Å². The molecule has 0 bridgehead atoms. The standard InChI is InChI=1S/C44H56N4O4/c49-38(34-52-43-24-11-22-40-39(43)21-12-25-45-40)32-46-27-29-47(30-28-46)33-44(51)48-26-8-7-23-41(48)42(50)31-37(19-9-17-35-13-3-1-4-14-35)20-10-18-36-15-5-2-6-16-36/h1-6,11-16,21-22,24-25,37-38,41,49H,7-10,17-20,23,26-34H2/t38-,41?/m1/s1. The van der Waals surface area contributed by atoms with Gasteiger partial charge in [0.05, 0.1) is 18.1 Å². The number of Topliss-reactive ketones (excluding diaryl/α,β-unsaturated/α-hetero) is 1. The van der Waals surface area contributed by atoms with E-state index in [9.17, 15) is 14.7 Å². The number of amides is 1. The van der Waals surface area contributed by atoms with Gasteiger partial charge in [-0.1, -0.05) is 66.7 Å². The fourth-order valence-corrected chi connectivity index (χ4v) is 7.96. The molecule has 8 heteroatoms. The Labute approximate surface area is 309 Å². The van der Waals surface area contributed by atoms with Crippen LogP contribution < -0.4 is 4.74 Å². The highest BCUT2D eigenvalue weighted by molar-refractivity contribution is 5.90. The quantitative estimate of drug-likeness (QED) is 0.125. The molecule has 1 N–H and O–H groups in total. The number of fused-ring (bicyclic) bond motifs is 1. The first-order valence-electron chi connectivity index (χ1n) is 19.5. The first-order valence-corrected chi connectivity index (χ1v) is 19.5. The second kappa shape index (κ2) is 19.6. The molecule has 0 radical (unpaired) electrons. The number of aliphatic hydroxyl groups is 1. The van der Waals surface area contributed by atoms with Gasteiger partial charge in [-0.3, -0.25) is 24.4 Å². The molecule has 2 aliphatic heterocycles. The molecule has 2 aliphatic rings. The van der Waals surface area contributed by atoms with Crippen LogP contribution in [0.25, 0.3) is 10.9 Å². The Morgan fingerprint density at radius 3 is 2.13 bits per heavy atom. The second-order valence-electron chi connectivity index (χ2n) is 14.8. The SMILES string of the molecule is O=C(CC(CCCc1ccccc1)CCCc1ccccc1)C1CCCCN1C(=O)CN1CCN(C[C@@H](O)COc2cccc3ncccc23)CC1. The summed E-state index contributed by atoms with van der Waals surface area (Å²) in [4.78, 5) is 38.5. The van der Waals surface area contributed by atoms with Crippen LogP contribution in [0.3, 0.4) is 0 Å². The molecule has 3 heterocycles. The van der Waals surface area contributed by atoms with Crippen LogP contribution in [0.5, 0.6) is 5.75 Å². The molecule has 4 aromatic rings. The third-order valence-electron chi connectivity index (χ3n) is 10.9. The van der Waals surface area contributed by atoms with Crippen molar-refractivity contribution in [3.63, 3.8) is 0 Å². The first-order chi connectivity index (χ1) is 25.5. The second-order valence-corrected chi connectivity index (χ2v) is 14.8. The highest BCUT2D eigenvalue weighted by Gasteiger charge is 2.34. The van der Waals surface area contributed by atoms with Crippen molar-refractivity contribution in [2.24, 2.45) is 5.92 Å². The summed E-state index contributed by atoms with van der Waals surface area (Å²) < 4.78 is 5.99. The summed E-state index contributed by atoms with van der Waals surface area (Å²) in [6.45, 7) is 4.80. The average molecular weight is 705 g/mol. The van der Waals surface area contributed by atoms with Crippen molar-refractivity contribution in [2.45, 2.75) is 76.4 Å². The van der Waals surface area contributed by atoms with Crippen LogP contribution in [-0.4, -0.2) is 101 Å². The van der Waals surface area contributed by atoms with Gasteiger partial charge in [0.15, 0.2) is 5.78 Å². The number of benzene rings is 3. The van der Waals surface area contributed by atoms with Gasteiger partial charge in [-0.25, -0.2) is 0 Å². The van der Waals surface area contributed by atoms with Gasteiger partial charge in [-0.05, 0) is 99.1 Å². The van der Waals surface area contributed by atoms with E-state index in [0.717, 1.165) is 101 Å². The average Bonchev–Trinajstić information content (AvgIpc) is 3.18. The Kier molecular flexibility index (Phi) is 14.2. The number of aliphatic hydroxyl groups excluding tert-OH is 1. The lowest BCUT2D eigenvalue weighted by atomic mass is 9.86. The monoisotopic (exact) mass is 704 g/mol. The zero-order valence-corrected chi connectivity index (χ0v) is 30.7. The number of β-amino-alcohol motifs (C(OH)–C–C–N with tert-alkyl or cyclic N) is 1. The molecule has 0 aliphatic carbocycles. The number of rotatable bonds is 18. The summed E-state index contributed by atoms with van der Waals surface area (Å²) in [5.41, 5.74) is 3.57. The molecule has 0 saturated carbocycles. The number of carbonyl (C=O) groups excluding carboxylic acids is 2. The van der Waals surface area contributed by atoms with Gasteiger partial charge < -0.3 is 14.7 Å². The number of hydrogen-bond donors (Lipinski definition) is 1. The number of ketones is 1. The van der Waals surface area contributed by atoms with E-state index in [2.05, 4.69) is 75.4 Å². The topological polar surface area (TPSA) is 86.2 Å². The van der Waals surface area contributed by atoms with E-state index in [-0.39, 0.29) is 24.3 Å². The Morgan fingerprint density at radius 2 is 1.44 bits per heavy atom. The zero-order chi connectivity index (χ0) is 36.0. The van der Waals surface area contributed by atoms with E-state index < -0.39 is 6.10 Å². The maximum absolute atomic E-state index is 14.0. The van der Waals surface area contributed by atoms with Crippen molar-refractivity contribution >= 4 is 22.6 Å². The fraction of sp³-hybridized carbons (Fsp3) is 0.477. The van der Waals surface area contributed by atoms with Crippen molar-refractivity contribution in [3.8, 4) is 5.75 Å². The Hall–Kier alpha value is -4.11. The number of carbonyl (C=O) groups is 2. The maximum atomic E-state index is 14.0. The van der Waals surface area contributed by atoms with Crippen molar-refractivity contribution < 1.29 is 19.4 Å². The van der Waals surface area contributed by atoms with Crippen molar-refractivity contribution in [1.29, 1.82) is 0 Å². The van der Waals surface area contributed by atoms with E-state index in [4.69, 9.17) is 4.74 Å². The molecule has 0 spiro atoms. The fourth-order valence-electron chi connectivity index (χ4n) is 7.96. The Balaban J connectivity index is 0.959. The van der Waals surface area contributed by atoms with Crippen LogP contribution in [0.1, 0.15) is 62.5 Å². The van der Waals surface area contributed by atoms with Crippen LogP contribution in [0.4, 0.5) is 0 Å². The highest BCUT2D eigenvalue weighted by atomic mass is 16.5. The Bertz CT molecular complexity index is 1630. The number of ether oxygens (including phenoxy) is 1. The predicted octanol–water partition coefficient (Wildman–Crippen LogP) is 6.59. The number of piperidine rings is 1. The minimum absolute atomic E-state index is 0.0780. The van der Waals surface area contributed by atoms with Gasteiger partial charge >= 0.3 is 0 Å². The van der Waals surface area contributed by atoms with Crippen LogP contribution in [0, 0.1) is 5.92 Å². The number of likely N-dealkylation sites (tertiary alicyclic amines) is 1. The molecule has 1 aromatic heterocycles. The summed E-state index contributed by atoms with van der Waals surface area (Å²) in [6, 6.07) is 30.6. The van der Waals surface area contributed by atoms with E-state index in [1.807, 2.05) is 35.2 Å². The lowest BCUT2D eigenvalue weighted by Gasteiger charge is -2.39. The molecule has 2 fully saturated rings. The lowest BCUT2D eigenvalue weighted by molar-refractivity contribution is -0.143. The molecule has 2 saturated heterocycles. The molecule has 1 amide bonds. The summed E-state index contributed by atoms with van der Waals surface area (Å²) in [5, 5.41) is 11.7. The van der Waals surface area contributed by atoms with Gasteiger partial charge in [-0.15, -0.1) is 0 Å². The van der Waals surface area contributed by atoms with Crippen LogP contribution in [0.15, 0.2) is 97.2 Å². The molecule has 6 rings (SSSR count). The van der Waals surface area contributed by atoms with Crippen molar-refractivity contribution in [3.05, 3.63) is 108 Å². The zero-order valence-electron chi connectivity index (χ0n) is 30.7. The summed E-state index contributed by atoms with van der Waals surface area (Å²) in [7, 11) is 0. The predicted molar refractivity (Wildman–Crippen MR) is 207 cm³/mol. The van der Waals surface area contributed by atoms with Crippen LogP contribution in [0.2, 0.25) is 0 Å². The molecule has 3 aromatic carbocycles. The van der Waals surface area contributed by atoms with Crippen molar-refractivity contribution in [2.75, 3.05) is 52.4 Å². The lowest BCUT2D eigenvalue weighted by Crippen LogP contribution is -2.55. The van der Waals surface area contributed by atoms with Gasteiger partial charge in [0.2, 0.25) is 5.91 Å². The minimum Gasteiger partial charge on any atom is -0.490 e. The molecule has 8 nitrogen and oxygen atoms in total. The molecule has 52 heavy (non-hydrogen) atoms. The molecular formula is C44H56N4O4. The summed E-state index contributed by atoms with van der Waals surface area (Å²) in [5.74, 6) is 1.38. The maximum Gasteiger partial charge on any atom is 0.237 e. The smallest absolute Gasteiger partial charge is 0.237 e. The molecular weight excluding hydrogens is 649 g/mol. The van der Waals surface area contributed by atoms with E-state index in [1.54, 1.807) is 6.20 Å². The minimum atomic E-state index is -0.624. The third kappa shape index (κ3) is 11.2. The molecule has 1 unspecified atom stereocenters. The van der Waals surface area contributed by atoms with Crippen LogP contribution in [-0.2, 0) is 22.4 Å². The van der Waals surface area contributed by atoms with E-state index >= 15 is 0 Å². The number of piperazine rings is 1. The molecule has 276 valence electrons. The number of aromatic nitrogens is 1. The highest BCUT2D eigenvalue weighted by Crippen LogP contribution is 2.27. The number of pyridine rings is 1. The van der Waals surface area contributed by atoms with Crippen molar-refractivity contribution in [1.82, 2.24) is 19.7 Å². The molecule has 2 atom stereocenters. The Morgan fingerprint density at radius 1 is 0.769 bits per heavy atom. The normalized spacial score (nSPS) is 17.7. The summed E-state index contributed by atoms with van der Waals surface area (Å²) >= 11 is 0. The number of aryl methyl sites for hydroxylation is 2. The van der Waals surface area contributed by atoms with E-state index in [0.29, 0.717) is 32.0 Å². The number of nitrogens with zero attached hydrogens (tertiary/aromatic N) is 4. The van der Waals surface area contributed by atoms with Crippen LogP contribution >= 0.6 is 0 Å². The summed E-state index contributed by atoms with van der Waals surface area (Å²) in [6.07, 6.45) is 10.7. The van der Waals surface area contributed by atoms with Gasteiger partial charge in [0.25, 0.3) is 0 Å².